The van der Waals surface area contributed by atoms with Crippen molar-refractivity contribution in [3.63, 3.8) is 0 Å². The fourth-order valence-electron chi connectivity index (χ4n) is 2.54. The SMILES string of the molecule is CCC(C(=O)Nc1cnn(Cc2ccc(F)cc2Cl)c1)n1cc(Br)cn1. The second kappa shape index (κ2) is 8.01. The first-order valence-corrected chi connectivity index (χ1v) is 9.10. The molecule has 0 aliphatic rings. The number of carbonyl (C=O) groups is 1. The maximum absolute atomic E-state index is 13.1. The predicted molar refractivity (Wildman–Crippen MR) is 101 cm³/mol. The van der Waals surface area contributed by atoms with Gasteiger partial charge in [-0.1, -0.05) is 24.6 Å². The molecule has 0 saturated heterocycles. The minimum Gasteiger partial charge on any atom is -0.322 e. The van der Waals surface area contributed by atoms with Crippen LogP contribution >= 0.6 is 27.5 Å². The molecule has 6 nitrogen and oxygen atoms in total. The van der Waals surface area contributed by atoms with E-state index in [0.29, 0.717) is 23.7 Å². The van der Waals surface area contributed by atoms with Crippen LogP contribution in [0.1, 0.15) is 24.9 Å². The van der Waals surface area contributed by atoms with Crippen LogP contribution in [0.3, 0.4) is 0 Å². The van der Waals surface area contributed by atoms with Gasteiger partial charge >= 0.3 is 0 Å². The van der Waals surface area contributed by atoms with Crippen molar-refractivity contribution in [2.45, 2.75) is 25.9 Å². The molecule has 136 valence electrons. The summed E-state index contributed by atoms with van der Waals surface area (Å²) in [7, 11) is 0. The molecule has 3 aromatic rings. The Bertz CT molecular complexity index is 926. The molecule has 0 fully saturated rings. The molecule has 3 rings (SSSR count). The van der Waals surface area contributed by atoms with Crippen molar-refractivity contribution in [2.24, 2.45) is 0 Å². The van der Waals surface area contributed by atoms with Gasteiger partial charge in [0.1, 0.15) is 11.9 Å². The van der Waals surface area contributed by atoms with Gasteiger partial charge in [0.25, 0.3) is 0 Å². The third-order valence-corrected chi connectivity index (χ3v) is 4.59. The molecule has 0 bridgehead atoms. The highest BCUT2D eigenvalue weighted by Gasteiger charge is 2.20. The van der Waals surface area contributed by atoms with Crippen molar-refractivity contribution < 1.29 is 9.18 Å². The molecule has 9 heteroatoms. The number of rotatable bonds is 6. The summed E-state index contributed by atoms with van der Waals surface area (Å²) in [5.41, 5.74) is 1.31. The summed E-state index contributed by atoms with van der Waals surface area (Å²) in [6, 6.07) is 3.80. The molecule has 26 heavy (non-hydrogen) atoms. The van der Waals surface area contributed by atoms with E-state index in [-0.39, 0.29) is 11.7 Å². The van der Waals surface area contributed by atoms with Crippen LogP contribution in [0.15, 0.2) is 47.5 Å². The van der Waals surface area contributed by atoms with E-state index in [2.05, 4.69) is 31.4 Å². The molecule has 1 amide bonds. The Morgan fingerprint density at radius 2 is 2.15 bits per heavy atom. The molecule has 0 aliphatic heterocycles. The number of aromatic nitrogens is 4. The number of hydrogen-bond donors (Lipinski definition) is 1. The fourth-order valence-corrected chi connectivity index (χ4v) is 3.07. The molecule has 0 spiro atoms. The average Bonchev–Trinajstić information content (AvgIpc) is 3.20. The van der Waals surface area contributed by atoms with Crippen molar-refractivity contribution in [2.75, 3.05) is 5.32 Å². The van der Waals surface area contributed by atoms with E-state index in [9.17, 15) is 9.18 Å². The van der Waals surface area contributed by atoms with Gasteiger partial charge in [-0.2, -0.15) is 10.2 Å². The highest BCUT2D eigenvalue weighted by atomic mass is 79.9. The van der Waals surface area contributed by atoms with Crippen molar-refractivity contribution in [1.82, 2.24) is 19.6 Å². The van der Waals surface area contributed by atoms with Crippen molar-refractivity contribution in [3.8, 4) is 0 Å². The number of anilines is 1. The Labute approximate surface area is 163 Å². The molecule has 1 aromatic carbocycles. The summed E-state index contributed by atoms with van der Waals surface area (Å²) in [5.74, 6) is -0.564. The molecule has 0 aliphatic carbocycles. The lowest BCUT2D eigenvalue weighted by Crippen LogP contribution is -2.25. The molecular formula is C17H16BrClFN5O. The third kappa shape index (κ3) is 4.31. The average molecular weight is 441 g/mol. The zero-order valence-electron chi connectivity index (χ0n) is 13.9. The summed E-state index contributed by atoms with van der Waals surface area (Å²) in [4.78, 5) is 12.5. The van der Waals surface area contributed by atoms with Crippen LogP contribution in [0, 0.1) is 5.82 Å². The number of amides is 1. The van der Waals surface area contributed by atoms with Gasteiger partial charge in [-0.05, 0) is 40.0 Å². The monoisotopic (exact) mass is 439 g/mol. The Balaban J connectivity index is 1.68. The lowest BCUT2D eigenvalue weighted by atomic mass is 10.2. The van der Waals surface area contributed by atoms with E-state index >= 15 is 0 Å². The van der Waals surface area contributed by atoms with Crippen LogP contribution in [0.25, 0.3) is 0 Å². The van der Waals surface area contributed by atoms with Crippen LogP contribution in [0.4, 0.5) is 10.1 Å². The largest absolute Gasteiger partial charge is 0.322 e. The first-order valence-electron chi connectivity index (χ1n) is 7.93. The quantitative estimate of drug-likeness (QED) is 0.622. The molecular weight excluding hydrogens is 425 g/mol. The van der Waals surface area contributed by atoms with Gasteiger partial charge < -0.3 is 5.32 Å². The molecule has 0 saturated carbocycles. The number of halogens is 3. The molecule has 2 heterocycles. The number of hydrogen-bond acceptors (Lipinski definition) is 3. The third-order valence-electron chi connectivity index (χ3n) is 3.83. The second-order valence-corrected chi connectivity index (χ2v) is 7.04. The lowest BCUT2D eigenvalue weighted by molar-refractivity contribution is -0.119. The van der Waals surface area contributed by atoms with Crippen LogP contribution in [0.2, 0.25) is 5.02 Å². The lowest BCUT2D eigenvalue weighted by Gasteiger charge is -2.14. The van der Waals surface area contributed by atoms with E-state index in [0.717, 1.165) is 10.0 Å². The van der Waals surface area contributed by atoms with Gasteiger partial charge in [0, 0.05) is 17.4 Å². The van der Waals surface area contributed by atoms with E-state index in [4.69, 9.17) is 11.6 Å². The zero-order valence-corrected chi connectivity index (χ0v) is 16.2. The second-order valence-electron chi connectivity index (χ2n) is 5.71. The van der Waals surface area contributed by atoms with Crippen molar-refractivity contribution >= 4 is 39.1 Å². The topological polar surface area (TPSA) is 64.7 Å². The number of benzene rings is 1. The van der Waals surface area contributed by atoms with E-state index in [1.807, 2.05) is 6.92 Å². The summed E-state index contributed by atoms with van der Waals surface area (Å²) < 4.78 is 17.2. The summed E-state index contributed by atoms with van der Waals surface area (Å²) in [6.07, 6.45) is 7.25. The highest BCUT2D eigenvalue weighted by Crippen LogP contribution is 2.20. The maximum Gasteiger partial charge on any atom is 0.249 e. The van der Waals surface area contributed by atoms with E-state index < -0.39 is 6.04 Å². The smallest absolute Gasteiger partial charge is 0.249 e. The van der Waals surface area contributed by atoms with Gasteiger partial charge in [-0.3, -0.25) is 14.2 Å². The fraction of sp³-hybridized carbons (Fsp3) is 0.235. The molecule has 1 atom stereocenters. The van der Waals surface area contributed by atoms with Crippen LogP contribution in [-0.4, -0.2) is 25.5 Å². The minimum absolute atomic E-state index is 0.178. The Hall–Kier alpha value is -2.19. The van der Waals surface area contributed by atoms with Crippen LogP contribution in [0.5, 0.6) is 0 Å². The van der Waals surface area contributed by atoms with Crippen LogP contribution < -0.4 is 5.32 Å². The van der Waals surface area contributed by atoms with Gasteiger partial charge in [0.15, 0.2) is 0 Å². The van der Waals surface area contributed by atoms with E-state index in [1.54, 1.807) is 40.2 Å². The molecule has 0 radical (unpaired) electrons. The number of nitrogens with zero attached hydrogens (tertiary/aromatic N) is 4. The summed E-state index contributed by atoms with van der Waals surface area (Å²) in [5, 5.41) is 11.6. The predicted octanol–water partition coefficient (Wildman–Crippen LogP) is 4.27. The van der Waals surface area contributed by atoms with Crippen molar-refractivity contribution in [3.05, 3.63) is 63.9 Å². The maximum atomic E-state index is 13.1. The molecule has 2 aromatic heterocycles. The highest BCUT2D eigenvalue weighted by molar-refractivity contribution is 9.10. The summed E-state index contributed by atoms with van der Waals surface area (Å²) >= 11 is 9.36. The van der Waals surface area contributed by atoms with Crippen molar-refractivity contribution in [1.29, 1.82) is 0 Å². The summed E-state index contributed by atoms with van der Waals surface area (Å²) in [6.45, 7) is 2.29. The Kier molecular flexibility index (Phi) is 5.73. The van der Waals surface area contributed by atoms with Gasteiger partial charge in [-0.25, -0.2) is 4.39 Å². The molecule has 1 N–H and O–H groups in total. The number of carbonyl (C=O) groups excluding carboxylic acids is 1. The number of nitrogens with one attached hydrogen (secondary N) is 1. The van der Waals surface area contributed by atoms with E-state index in [1.165, 1.54) is 12.1 Å². The zero-order chi connectivity index (χ0) is 18.7. The normalized spacial score (nSPS) is 12.2. The Morgan fingerprint density at radius 1 is 1.35 bits per heavy atom. The van der Waals surface area contributed by atoms with Gasteiger partial charge in [0.2, 0.25) is 5.91 Å². The Morgan fingerprint density at radius 3 is 2.81 bits per heavy atom. The van der Waals surface area contributed by atoms with Gasteiger partial charge in [-0.15, -0.1) is 0 Å². The minimum atomic E-state index is -0.420. The van der Waals surface area contributed by atoms with Crippen LogP contribution in [-0.2, 0) is 11.3 Å². The first kappa shape index (κ1) is 18.6. The molecule has 1 unspecified atom stereocenters. The standard InChI is InChI=1S/C17H16BrClFN5O/c1-2-16(25-9-12(18)6-22-25)17(26)23-14-7-21-24(10-14)8-11-3-4-13(20)5-15(11)19/h3-7,9-10,16H,2,8H2,1H3,(H,23,26). The first-order chi connectivity index (χ1) is 12.5. The van der Waals surface area contributed by atoms with Gasteiger partial charge in [0.05, 0.1) is 29.1 Å².